The van der Waals surface area contributed by atoms with Gasteiger partial charge in [0.05, 0.1) is 17.0 Å². The Morgan fingerprint density at radius 1 is 1.16 bits per heavy atom. The molecule has 2 unspecified atom stereocenters. The Kier molecular flexibility index (Phi) is 9.04. The van der Waals surface area contributed by atoms with Gasteiger partial charge in [0.1, 0.15) is 22.6 Å². The number of hydrogen-bond donors (Lipinski definition) is 3. The second kappa shape index (κ2) is 12.3. The molecular weight excluding hydrogens is 627 g/mol. The smallest absolute Gasteiger partial charge is 0.330 e. The van der Waals surface area contributed by atoms with Crippen molar-refractivity contribution in [1.82, 2.24) is 15.2 Å². The number of halogens is 2. The van der Waals surface area contributed by atoms with E-state index in [4.69, 9.17) is 23.2 Å². The van der Waals surface area contributed by atoms with Crippen LogP contribution in [0.2, 0.25) is 8.67 Å². The number of nitrogens with zero attached hydrogens (tertiary/aromatic N) is 1. The van der Waals surface area contributed by atoms with Crippen molar-refractivity contribution in [3.05, 3.63) is 61.1 Å². The molecule has 44 heavy (non-hydrogen) atoms. The van der Waals surface area contributed by atoms with Crippen LogP contribution in [0.3, 0.4) is 0 Å². The normalized spacial score (nSPS) is 27.3. The molecule has 4 bridgehead atoms. The third-order valence-corrected chi connectivity index (χ3v) is 11.2. The molecule has 2 aromatic heterocycles. The van der Waals surface area contributed by atoms with E-state index in [0.717, 1.165) is 30.6 Å². The fraction of sp³-hybridized carbons (Fsp3) is 0.516. The van der Waals surface area contributed by atoms with Gasteiger partial charge in [-0.3, -0.25) is 19.2 Å². The average Bonchev–Trinajstić information content (AvgIpc) is 3.42. The first kappa shape index (κ1) is 32.2. The van der Waals surface area contributed by atoms with Gasteiger partial charge in [-0.05, 0) is 79.9 Å². The van der Waals surface area contributed by atoms with Gasteiger partial charge >= 0.3 is 5.97 Å². The van der Waals surface area contributed by atoms with Crippen molar-refractivity contribution in [2.45, 2.75) is 76.9 Å². The van der Waals surface area contributed by atoms with Gasteiger partial charge in [-0.1, -0.05) is 43.1 Å². The molecule has 0 radical (unpaired) electrons. The fourth-order valence-corrected chi connectivity index (χ4v) is 9.38. The predicted molar refractivity (Wildman–Crippen MR) is 169 cm³/mol. The molecule has 0 saturated heterocycles. The lowest BCUT2D eigenvalue weighted by Crippen LogP contribution is -2.52. The van der Waals surface area contributed by atoms with E-state index >= 15 is 0 Å². The number of amides is 3. The molecule has 3 atom stereocenters. The van der Waals surface area contributed by atoms with Crippen LogP contribution in [0, 0.1) is 16.7 Å². The summed E-state index contributed by atoms with van der Waals surface area (Å²) in [4.78, 5) is 64.3. The van der Waals surface area contributed by atoms with Gasteiger partial charge in [0.2, 0.25) is 11.8 Å². The zero-order valence-corrected chi connectivity index (χ0v) is 27.2. The molecule has 4 saturated carbocycles. The molecule has 0 spiro atoms. The summed E-state index contributed by atoms with van der Waals surface area (Å²) in [7, 11) is 1.25. The first-order chi connectivity index (χ1) is 20.8. The van der Waals surface area contributed by atoms with Crippen LogP contribution in [0.15, 0.2) is 41.3 Å². The summed E-state index contributed by atoms with van der Waals surface area (Å²) >= 11 is 13.1. The number of carbonyl (C=O) groups is 4. The molecule has 2 aromatic rings. The fourth-order valence-electron chi connectivity index (χ4n) is 7.92. The van der Waals surface area contributed by atoms with E-state index in [-0.39, 0.29) is 57.2 Å². The minimum Gasteiger partial charge on any atom is -0.466 e. The highest BCUT2D eigenvalue weighted by Crippen LogP contribution is 2.73. The van der Waals surface area contributed by atoms with E-state index in [0.29, 0.717) is 10.3 Å². The molecule has 13 heteroatoms. The van der Waals surface area contributed by atoms with Gasteiger partial charge in [-0.2, -0.15) is 0 Å². The minimum absolute atomic E-state index is 0.0377. The lowest BCUT2D eigenvalue weighted by atomic mass is 9.71. The van der Waals surface area contributed by atoms with Crippen LogP contribution in [0.4, 0.5) is 5.69 Å². The Labute approximate surface area is 269 Å². The van der Waals surface area contributed by atoms with Crippen LogP contribution in [-0.2, 0) is 25.7 Å². The molecule has 0 aromatic carbocycles. The Morgan fingerprint density at radius 2 is 1.86 bits per heavy atom. The lowest BCUT2D eigenvalue weighted by Gasteiger charge is -2.41. The molecule has 236 valence electrons. The maximum atomic E-state index is 13.4. The predicted octanol–water partition coefficient (Wildman–Crippen LogP) is 4.94. The Balaban J connectivity index is 1.26. The number of thiophene rings is 1. The van der Waals surface area contributed by atoms with E-state index in [2.05, 4.69) is 34.5 Å². The van der Waals surface area contributed by atoms with Gasteiger partial charge in [-0.25, -0.2) is 4.79 Å². The molecule has 4 fully saturated rings. The molecular formula is C31H36Cl2N4O6S. The number of hydrogen-bond acceptors (Lipinski definition) is 7. The number of rotatable bonds is 11. The number of carbonyl (C=O) groups excluding carboxylic acids is 4. The van der Waals surface area contributed by atoms with E-state index < -0.39 is 29.4 Å². The second-order valence-corrected chi connectivity index (χ2v) is 15.2. The number of allylic oxidation sites excluding steroid dienone is 1. The van der Waals surface area contributed by atoms with Gasteiger partial charge in [0, 0.05) is 17.8 Å². The molecule has 4 aliphatic rings. The van der Waals surface area contributed by atoms with Crippen LogP contribution < -0.4 is 21.5 Å². The van der Waals surface area contributed by atoms with E-state index in [1.807, 2.05) is 0 Å². The number of nitrogens with one attached hydrogen (secondary N) is 3. The van der Waals surface area contributed by atoms with Crippen molar-refractivity contribution in [3.8, 4) is 0 Å². The standard InChI is InChI=1S/C31H36Cl2N4O6S/c1-29-12-18-13-30(29,2)17-31(14-18,16-29)36-23(38)15-37-10-6-8-21(28(37)42)35-27(41)20(7-4-5-9-24(39)43-3)34-26(40)19-11-22(32)44-25(19)33/h5-6,8-11,18,20H,4,7,12-17H2,1-3H3,(H,34,40)(H,35,41)(H,36,38)/b9-5+/t18?,20-,29?,30?,31?/m0/s1. The van der Waals surface area contributed by atoms with Crippen molar-refractivity contribution >= 4 is 63.9 Å². The highest BCUT2D eigenvalue weighted by molar-refractivity contribution is 7.20. The number of pyridine rings is 1. The number of esters is 1. The summed E-state index contributed by atoms with van der Waals surface area (Å²) in [6, 6.07) is 3.33. The summed E-state index contributed by atoms with van der Waals surface area (Å²) in [5.41, 5.74) is -0.251. The quantitative estimate of drug-likeness (QED) is 0.230. The van der Waals surface area contributed by atoms with Crippen molar-refractivity contribution in [3.63, 3.8) is 0 Å². The maximum Gasteiger partial charge on any atom is 0.330 e. The monoisotopic (exact) mass is 662 g/mol. The van der Waals surface area contributed by atoms with Crippen LogP contribution >= 0.6 is 34.5 Å². The largest absolute Gasteiger partial charge is 0.466 e. The zero-order chi connectivity index (χ0) is 31.9. The molecule has 3 N–H and O–H groups in total. The summed E-state index contributed by atoms with van der Waals surface area (Å²) in [5, 5.41) is 8.52. The second-order valence-electron chi connectivity index (χ2n) is 12.9. The first-order valence-corrected chi connectivity index (χ1v) is 16.1. The number of ether oxygens (including phenoxy) is 1. The van der Waals surface area contributed by atoms with Crippen molar-refractivity contribution < 1.29 is 23.9 Å². The molecule has 4 aliphatic carbocycles. The summed E-state index contributed by atoms with van der Waals surface area (Å²) < 4.78 is 6.32. The average molecular weight is 664 g/mol. The molecule has 0 aliphatic heterocycles. The molecule has 6 rings (SSSR count). The Morgan fingerprint density at radius 3 is 2.48 bits per heavy atom. The molecule has 3 amide bonds. The van der Waals surface area contributed by atoms with Crippen molar-refractivity contribution in [2.24, 2.45) is 16.7 Å². The zero-order valence-electron chi connectivity index (χ0n) is 24.8. The van der Waals surface area contributed by atoms with Crippen LogP contribution in [0.1, 0.15) is 69.2 Å². The lowest BCUT2D eigenvalue weighted by molar-refractivity contribution is -0.134. The third-order valence-electron chi connectivity index (χ3n) is 9.67. The van der Waals surface area contributed by atoms with E-state index in [9.17, 15) is 24.0 Å². The molecule has 2 heterocycles. The topological polar surface area (TPSA) is 136 Å². The van der Waals surface area contributed by atoms with Gasteiger partial charge in [-0.15, -0.1) is 11.3 Å². The minimum atomic E-state index is -1.09. The number of anilines is 1. The summed E-state index contributed by atoms with van der Waals surface area (Å²) in [5.74, 6) is -1.45. The van der Waals surface area contributed by atoms with Crippen LogP contribution in [0.5, 0.6) is 0 Å². The summed E-state index contributed by atoms with van der Waals surface area (Å²) in [6.07, 6.45) is 9.88. The summed E-state index contributed by atoms with van der Waals surface area (Å²) in [6.45, 7) is 4.50. The molecule has 10 nitrogen and oxygen atoms in total. The SMILES string of the molecule is COC(=O)/C=C/CC[C@H](NC(=O)c1cc(Cl)sc1Cl)C(=O)Nc1cccn(CC(=O)NC23CC4CC(C)(C2)C(C)(C4)C3)c1=O. The van der Waals surface area contributed by atoms with Crippen LogP contribution in [0.25, 0.3) is 0 Å². The number of aromatic nitrogens is 1. The Hall–Kier alpha value is -3.15. The third kappa shape index (κ3) is 6.46. The van der Waals surface area contributed by atoms with E-state index in [1.54, 1.807) is 6.07 Å². The Bertz CT molecular complexity index is 1570. The van der Waals surface area contributed by atoms with Gasteiger partial charge < -0.3 is 25.3 Å². The highest BCUT2D eigenvalue weighted by Gasteiger charge is 2.68. The maximum absolute atomic E-state index is 13.4. The van der Waals surface area contributed by atoms with Crippen LogP contribution in [-0.4, -0.2) is 46.9 Å². The first-order valence-electron chi connectivity index (χ1n) is 14.6. The van der Waals surface area contributed by atoms with E-state index in [1.165, 1.54) is 55.0 Å². The van der Waals surface area contributed by atoms with Gasteiger partial charge in [0.15, 0.2) is 0 Å². The van der Waals surface area contributed by atoms with Crippen molar-refractivity contribution in [2.75, 3.05) is 12.4 Å². The number of methoxy groups -OCH3 is 1. The highest BCUT2D eigenvalue weighted by atomic mass is 35.5. The van der Waals surface area contributed by atoms with Gasteiger partial charge in [0.25, 0.3) is 11.5 Å². The van der Waals surface area contributed by atoms with Crippen molar-refractivity contribution in [1.29, 1.82) is 0 Å².